The second-order valence-electron chi connectivity index (χ2n) is 3.95. The van der Waals surface area contributed by atoms with E-state index in [0.717, 1.165) is 19.6 Å². The molecule has 1 fully saturated rings. The zero-order valence-corrected chi connectivity index (χ0v) is 10.3. The smallest absolute Gasteiger partial charge is 0.272 e. The van der Waals surface area contributed by atoms with Crippen molar-refractivity contribution in [2.24, 2.45) is 7.05 Å². The maximum Gasteiger partial charge on any atom is 0.272 e. The molecule has 1 aliphatic rings. The summed E-state index contributed by atoms with van der Waals surface area (Å²) < 4.78 is 1.62. The highest BCUT2D eigenvalue weighted by atomic mass is 35.5. The van der Waals surface area contributed by atoms with Crippen molar-refractivity contribution in [3.8, 4) is 0 Å². The number of nitrogens with zero attached hydrogens (tertiary/aromatic N) is 3. The maximum atomic E-state index is 12.1. The predicted octanol–water partition coefficient (Wildman–Crippen LogP) is 0.276. The van der Waals surface area contributed by atoms with Crippen molar-refractivity contribution in [2.75, 3.05) is 19.6 Å². The van der Waals surface area contributed by atoms with Crippen LogP contribution in [-0.4, -0.2) is 46.3 Å². The fraction of sp³-hybridized carbons (Fsp3) is 0.600. The first-order valence-corrected chi connectivity index (χ1v) is 5.19. The molecule has 16 heavy (non-hydrogen) atoms. The van der Waals surface area contributed by atoms with Crippen LogP contribution in [0.1, 0.15) is 17.4 Å². The first-order chi connectivity index (χ1) is 7.18. The second kappa shape index (κ2) is 5.32. The highest BCUT2D eigenvalue weighted by molar-refractivity contribution is 5.92. The van der Waals surface area contributed by atoms with Gasteiger partial charge in [-0.3, -0.25) is 9.48 Å². The largest absolute Gasteiger partial charge is 0.335 e. The fourth-order valence-corrected chi connectivity index (χ4v) is 1.86. The van der Waals surface area contributed by atoms with E-state index in [4.69, 9.17) is 0 Å². The Morgan fingerprint density at radius 3 is 2.94 bits per heavy atom. The Morgan fingerprint density at radius 1 is 1.62 bits per heavy atom. The number of carbonyl (C=O) groups excluding carboxylic acids is 1. The molecule has 1 aromatic heterocycles. The minimum Gasteiger partial charge on any atom is -0.335 e. The number of aryl methyl sites for hydroxylation is 1. The van der Waals surface area contributed by atoms with Crippen molar-refractivity contribution in [1.82, 2.24) is 20.0 Å². The molecule has 2 rings (SSSR count). The number of carbonyl (C=O) groups is 1. The third-order valence-corrected chi connectivity index (χ3v) is 2.70. The van der Waals surface area contributed by atoms with Gasteiger partial charge in [-0.15, -0.1) is 12.4 Å². The summed E-state index contributed by atoms with van der Waals surface area (Å²) in [6.45, 7) is 4.49. The molecule has 1 N–H and O–H groups in total. The van der Waals surface area contributed by atoms with E-state index in [0.29, 0.717) is 11.7 Å². The Morgan fingerprint density at radius 2 is 2.38 bits per heavy atom. The van der Waals surface area contributed by atoms with Gasteiger partial charge >= 0.3 is 0 Å². The topological polar surface area (TPSA) is 50.2 Å². The number of rotatable bonds is 1. The third kappa shape index (κ3) is 2.54. The van der Waals surface area contributed by atoms with Crippen LogP contribution < -0.4 is 5.32 Å². The van der Waals surface area contributed by atoms with Gasteiger partial charge in [0, 0.05) is 38.9 Å². The van der Waals surface area contributed by atoms with E-state index in [1.807, 2.05) is 4.90 Å². The molecule has 90 valence electrons. The summed E-state index contributed by atoms with van der Waals surface area (Å²) in [4.78, 5) is 13.9. The molecule has 0 aromatic carbocycles. The molecule has 5 nitrogen and oxygen atoms in total. The average Bonchev–Trinajstić information content (AvgIpc) is 2.63. The Balaban J connectivity index is 0.00000128. The number of amides is 1. The van der Waals surface area contributed by atoms with E-state index in [9.17, 15) is 4.79 Å². The Bertz CT molecular complexity index is 365. The number of nitrogens with one attached hydrogen (secondary N) is 1. The molecular weight excluding hydrogens is 228 g/mol. The molecule has 0 saturated carbocycles. The van der Waals surface area contributed by atoms with Gasteiger partial charge in [-0.25, -0.2) is 0 Å². The minimum atomic E-state index is 0. The van der Waals surface area contributed by atoms with E-state index in [1.165, 1.54) is 0 Å². The molecule has 0 unspecified atom stereocenters. The van der Waals surface area contributed by atoms with Crippen LogP contribution in [0.2, 0.25) is 0 Å². The summed E-state index contributed by atoms with van der Waals surface area (Å²) >= 11 is 0. The van der Waals surface area contributed by atoms with Crippen LogP contribution in [0, 0.1) is 0 Å². The van der Waals surface area contributed by atoms with Gasteiger partial charge in [0.05, 0.1) is 0 Å². The highest BCUT2D eigenvalue weighted by Crippen LogP contribution is 2.06. The lowest BCUT2D eigenvalue weighted by molar-refractivity contribution is 0.0698. The molecule has 6 heteroatoms. The lowest BCUT2D eigenvalue weighted by Crippen LogP contribution is -2.51. The first-order valence-electron chi connectivity index (χ1n) is 5.19. The van der Waals surface area contributed by atoms with Crippen LogP contribution in [0.3, 0.4) is 0 Å². The Hall–Kier alpha value is -1.07. The molecule has 0 bridgehead atoms. The van der Waals surface area contributed by atoms with E-state index >= 15 is 0 Å². The van der Waals surface area contributed by atoms with Gasteiger partial charge in [0.2, 0.25) is 0 Å². The molecular formula is C10H17ClN4O. The van der Waals surface area contributed by atoms with Crippen molar-refractivity contribution < 1.29 is 4.79 Å². The minimum absolute atomic E-state index is 0. The fourth-order valence-electron chi connectivity index (χ4n) is 1.86. The van der Waals surface area contributed by atoms with Crippen LogP contribution in [0.25, 0.3) is 0 Å². The summed E-state index contributed by atoms with van der Waals surface area (Å²) in [7, 11) is 1.79. The van der Waals surface area contributed by atoms with Crippen molar-refractivity contribution in [2.45, 2.75) is 13.0 Å². The summed E-state index contributed by atoms with van der Waals surface area (Å²) in [5.74, 6) is 0.0725. The normalized spacial score (nSPS) is 20.4. The van der Waals surface area contributed by atoms with Gasteiger partial charge in [0.25, 0.3) is 5.91 Å². The third-order valence-electron chi connectivity index (χ3n) is 2.70. The Kier molecular flexibility index (Phi) is 4.32. The predicted molar refractivity (Wildman–Crippen MR) is 63.8 cm³/mol. The van der Waals surface area contributed by atoms with Crippen LogP contribution in [0.5, 0.6) is 0 Å². The van der Waals surface area contributed by atoms with Crippen molar-refractivity contribution in [3.05, 3.63) is 18.0 Å². The zero-order valence-electron chi connectivity index (χ0n) is 9.51. The summed E-state index contributed by atoms with van der Waals surface area (Å²) in [5, 5.41) is 7.32. The van der Waals surface area contributed by atoms with Crippen LogP contribution >= 0.6 is 12.4 Å². The van der Waals surface area contributed by atoms with Crippen LogP contribution in [0.15, 0.2) is 12.3 Å². The quantitative estimate of drug-likeness (QED) is 0.772. The standard InChI is InChI=1S/C10H16N4O.ClH/c1-8-7-14(6-5-11-8)10(15)9-3-4-12-13(9)2;/h3-4,8,11H,5-7H2,1-2H3;1H/t8-;/m1./s1. The van der Waals surface area contributed by atoms with Crippen molar-refractivity contribution in [1.29, 1.82) is 0 Å². The van der Waals surface area contributed by atoms with Gasteiger partial charge in [0.15, 0.2) is 0 Å². The monoisotopic (exact) mass is 244 g/mol. The lowest BCUT2D eigenvalue weighted by Gasteiger charge is -2.31. The molecule has 1 aliphatic heterocycles. The van der Waals surface area contributed by atoms with Gasteiger partial charge in [-0.2, -0.15) is 5.10 Å². The van der Waals surface area contributed by atoms with Crippen molar-refractivity contribution >= 4 is 18.3 Å². The summed E-state index contributed by atoms with van der Waals surface area (Å²) in [6.07, 6.45) is 1.65. The van der Waals surface area contributed by atoms with Crippen molar-refractivity contribution in [3.63, 3.8) is 0 Å². The lowest BCUT2D eigenvalue weighted by atomic mass is 10.2. The van der Waals surface area contributed by atoms with E-state index < -0.39 is 0 Å². The number of aromatic nitrogens is 2. The number of piperazine rings is 1. The molecule has 1 atom stereocenters. The highest BCUT2D eigenvalue weighted by Gasteiger charge is 2.23. The SMILES string of the molecule is C[C@@H]1CN(C(=O)c2ccnn2C)CCN1.Cl. The molecule has 0 spiro atoms. The summed E-state index contributed by atoms with van der Waals surface area (Å²) in [5.41, 5.74) is 0.657. The molecule has 0 radical (unpaired) electrons. The van der Waals surface area contributed by atoms with Gasteiger partial charge < -0.3 is 10.2 Å². The summed E-state index contributed by atoms with van der Waals surface area (Å²) in [6, 6.07) is 2.13. The average molecular weight is 245 g/mol. The molecule has 1 aromatic rings. The van der Waals surface area contributed by atoms with Crippen LogP contribution in [0.4, 0.5) is 0 Å². The molecule has 1 saturated heterocycles. The second-order valence-corrected chi connectivity index (χ2v) is 3.95. The van der Waals surface area contributed by atoms with Gasteiger partial charge in [0.1, 0.15) is 5.69 Å². The zero-order chi connectivity index (χ0) is 10.8. The first kappa shape index (κ1) is 13.0. The van der Waals surface area contributed by atoms with Gasteiger partial charge in [-0.1, -0.05) is 0 Å². The van der Waals surface area contributed by atoms with E-state index in [1.54, 1.807) is 24.0 Å². The van der Waals surface area contributed by atoms with E-state index in [2.05, 4.69) is 17.3 Å². The number of hydrogen-bond donors (Lipinski definition) is 1. The Labute approximate surface area is 101 Å². The maximum absolute atomic E-state index is 12.1. The van der Waals surface area contributed by atoms with Crippen LogP contribution in [-0.2, 0) is 7.05 Å². The number of hydrogen-bond acceptors (Lipinski definition) is 3. The molecule has 2 heterocycles. The van der Waals surface area contributed by atoms with Gasteiger partial charge in [-0.05, 0) is 13.0 Å². The van der Waals surface area contributed by atoms with E-state index in [-0.39, 0.29) is 18.3 Å². The molecule has 1 amide bonds. The number of halogens is 1. The molecule has 0 aliphatic carbocycles.